The minimum Gasteiger partial charge on any atom is -0.325 e. The Balaban J connectivity index is 1.36. The van der Waals surface area contributed by atoms with Gasteiger partial charge in [0, 0.05) is 28.6 Å². The van der Waals surface area contributed by atoms with Crippen LogP contribution in [0, 0.1) is 21.8 Å². The largest absolute Gasteiger partial charge is 0.325 e. The van der Waals surface area contributed by atoms with Crippen LogP contribution in [0.15, 0.2) is 87.5 Å². The van der Waals surface area contributed by atoms with E-state index in [0.717, 1.165) is 28.0 Å². The van der Waals surface area contributed by atoms with E-state index in [-0.39, 0.29) is 22.0 Å². The second-order valence-electron chi connectivity index (χ2n) is 10.1. The monoisotopic (exact) mass is 669 g/mol. The van der Waals surface area contributed by atoms with Gasteiger partial charge in [-0.25, -0.2) is 22.8 Å². The second kappa shape index (κ2) is 11.3. The summed E-state index contributed by atoms with van der Waals surface area (Å²) in [7, 11) is -3.94. The molecule has 0 spiro atoms. The first kappa shape index (κ1) is 30.3. The highest BCUT2D eigenvalue weighted by Gasteiger charge is 2.56. The summed E-state index contributed by atoms with van der Waals surface area (Å²) < 4.78 is 38.1. The summed E-state index contributed by atoms with van der Waals surface area (Å²) in [6.07, 6.45) is 0. The summed E-state index contributed by atoms with van der Waals surface area (Å²) >= 11 is 1.77. The van der Waals surface area contributed by atoms with Crippen LogP contribution in [0.1, 0.15) is 16.4 Å². The van der Waals surface area contributed by atoms with Crippen molar-refractivity contribution in [1.29, 1.82) is 0 Å². The number of primary sulfonamides is 1. The number of fused-ring (bicyclic) bond motifs is 2. The number of carbonyl (C=O) groups is 3. The Morgan fingerprint density at radius 2 is 1.62 bits per heavy atom. The smallest absolute Gasteiger partial charge is 0.308 e. The summed E-state index contributed by atoms with van der Waals surface area (Å²) in [5.41, 5.74) is 0.639. The average Bonchev–Trinajstić information content (AvgIpc) is 3.43. The fourth-order valence-electron chi connectivity index (χ4n) is 5.33. The van der Waals surface area contributed by atoms with Gasteiger partial charge >= 0.3 is 4.87 Å². The molecule has 3 amide bonds. The lowest BCUT2D eigenvalue weighted by atomic mass is 9.83. The molecule has 1 saturated heterocycles. The number of nitrogens with one attached hydrogen (secondary N) is 1. The van der Waals surface area contributed by atoms with Crippen molar-refractivity contribution in [3.63, 3.8) is 0 Å². The molecule has 2 aliphatic rings. The van der Waals surface area contributed by atoms with Gasteiger partial charge in [-0.3, -0.25) is 33.9 Å². The van der Waals surface area contributed by atoms with Crippen LogP contribution >= 0.6 is 23.1 Å². The predicted octanol–water partition coefficient (Wildman–Crippen LogP) is 3.04. The van der Waals surface area contributed by atoms with Gasteiger partial charge in [0.25, 0.3) is 5.69 Å². The lowest BCUT2D eigenvalue weighted by molar-refractivity contribution is -0.384. The number of hydrogen-bond acceptors (Lipinski definition) is 10. The van der Waals surface area contributed by atoms with Crippen LogP contribution in [0.3, 0.4) is 0 Å². The third-order valence-electron chi connectivity index (χ3n) is 7.37. The quantitative estimate of drug-likeness (QED) is 0.169. The van der Waals surface area contributed by atoms with Crippen molar-refractivity contribution >= 4 is 67.9 Å². The van der Waals surface area contributed by atoms with Crippen molar-refractivity contribution in [3.8, 4) is 0 Å². The van der Waals surface area contributed by atoms with E-state index in [1.165, 1.54) is 77.4 Å². The Kier molecular flexibility index (Phi) is 7.64. The van der Waals surface area contributed by atoms with E-state index in [0.29, 0.717) is 15.5 Å². The number of hydrogen-bond donors (Lipinski definition) is 2. The summed E-state index contributed by atoms with van der Waals surface area (Å²) in [5, 5.41) is 18.1. The molecule has 230 valence electrons. The summed E-state index contributed by atoms with van der Waals surface area (Å²) in [5.74, 6) is -4.16. The Bertz CT molecular complexity index is 2050. The van der Waals surface area contributed by atoms with Crippen LogP contribution < -0.4 is 20.2 Å². The van der Waals surface area contributed by atoms with E-state index in [4.69, 9.17) is 5.14 Å². The first-order chi connectivity index (χ1) is 21.3. The zero-order valence-corrected chi connectivity index (χ0v) is 25.1. The highest BCUT2D eigenvalue weighted by molar-refractivity contribution is 8.00. The van der Waals surface area contributed by atoms with Crippen molar-refractivity contribution in [3.05, 3.63) is 109 Å². The Morgan fingerprint density at radius 3 is 2.22 bits per heavy atom. The predicted molar refractivity (Wildman–Crippen MR) is 162 cm³/mol. The number of benzene rings is 3. The van der Waals surface area contributed by atoms with Gasteiger partial charge in [-0.2, -0.15) is 0 Å². The molecular weight excluding hydrogens is 650 g/mol. The minimum atomic E-state index is -3.94. The molecule has 6 rings (SSSR count). The Morgan fingerprint density at radius 1 is 0.978 bits per heavy atom. The van der Waals surface area contributed by atoms with Gasteiger partial charge in [0.15, 0.2) is 0 Å². The van der Waals surface area contributed by atoms with E-state index < -0.39 is 67.0 Å². The van der Waals surface area contributed by atoms with E-state index >= 15 is 0 Å². The molecule has 45 heavy (non-hydrogen) atoms. The molecule has 3 heterocycles. The summed E-state index contributed by atoms with van der Waals surface area (Å²) in [6, 6.07) is 15.4. The van der Waals surface area contributed by atoms with Gasteiger partial charge in [-0.1, -0.05) is 35.2 Å². The lowest BCUT2D eigenvalue weighted by Crippen LogP contribution is -2.33. The molecule has 3 aromatic carbocycles. The van der Waals surface area contributed by atoms with Crippen LogP contribution in [0.5, 0.6) is 0 Å². The fourth-order valence-corrected chi connectivity index (χ4v) is 8.62. The number of aromatic nitrogens is 1. The van der Waals surface area contributed by atoms with Crippen LogP contribution in [-0.4, -0.2) is 40.9 Å². The number of thioether (sulfide) groups is 1. The molecular formula is C28H20FN5O8S3. The van der Waals surface area contributed by atoms with Gasteiger partial charge < -0.3 is 5.32 Å². The zero-order valence-electron chi connectivity index (χ0n) is 22.7. The van der Waals surface area contributed by atoms with Crippen LogP contribution in [-0.2, 0) is 31.0 Å². The number of nitro benzene ring substituents is 1. The van der Waals surface area contributed by atoms with E-state index in [9.17, 15) is 42.1 Å². The standard InChI is InChI=1S/C28H20FN5O8S3/c29-15-3-1-14(2-4-15)21-22-23(26(37)33(25(22)36)17-7-9-18(10-8-17)34(39)40)43-27-24(21)44-28(38)32(27)13-20(35)31-16-5-11-19(12-6-16)45(30,41)42/h1-12,21-23H,13H2,(H,31,35)(H2,30,41,42)/t21-,22?,23?/m1/s1. The molecule has 1 fully saturated rings. The zero-order chi connectivity index (χ0) is 32.2. The molecule has 0 bridgehead atoms. The van der Waals surface area contributed by atoms with Gasteiger partial charge in [-0.15, -0.1) is 0 Å². The maximum absolute atomic E-state index is 13.9. The first-order valence-corrected chi connectivity index (χ1v) is 16.3. The number of anilines is 2. The maximum atomic E-state index is 13.9. The van der Waals surface area contributed by atoms with Gasteiger partial charge in [-0.05, 0) is 54.1 Å². The molecule has 1 aromatic heterocycles. The molecule has 3 atom stereocenters. The van der Waals surface area contributed by atoms with Gasteiger partial charge in [0.1, 0.15) is 17.6 Å². The summed E-state index contributed by atoms with van der Waals surface area (Å²) in [6.45, 7) is -0.462. The molecule has 2 unspecified atom stereocenters. The topological polar surface area (TPSA) is 192 Å². The van der Waals surface area contributed by atoms with Crippen molar-refractivity contribution in [2.75, 3.05) is 10.2 Å². The van der Waals surface area contributed by atoms with Crippen molar-refractivity contribution < 1.29 is 32.1 Å². The van der Waals surface area contributed by atoms with Gasteiger partial charge in [0.2, 0.25) is 27.7 Å². The molecule has 2 aliphatic heterocycles. The number of carbonyl (C=O) groups excluding carboxylic acids is 3. The number of non-ortho nitro benzene ring substituents is 1. The van der Waals surface area contributed by atoms with E-state index in [1.807, 2.05) is 0 Å². The lowest BCUT2D eigenvalue weighted by Gasteiger charge is -2.30. The van der Waals surface area contributed by atoms with Gasteiger partial charge in [0.05, 0.1) is 26.5 Å². The van der Waals surface area contributed by atoms with E-state index in [2.05, 4.69) is 5.32 Å². The molecule has 4 aromatic rings. The third kappa shape index (κ3) is 5.54. The highest BCUT2D eigenvalue weighted by Crippen LogP contribution is 2.53. The number of nitro groups is 1. The molecule has 0 saturated carbocycles. The second-order valence-corrected chi connectivity index (χ2v) is 13.8. The highest BCUT2D eigenvalue weighted by atomic mass is 32.2. The number of halogens is 1. The number of thiazole rings is 1. The number of imide groups is 1. The van der Waals surface area contributed by atoms with Crippen molar-refractivity contribution in [2.24, 2.45) is 11.1 Å². The fraction of sp³-hybridized carbons (Fsp3) is 0.143. The minimum absolute atomic E-state index is 0.136. The van der Waals surface area contributed by atoms with Crippen molar-refractivity contribution in [2.45, 2.75) is 27.6 Å². The van der Waals surface area contributed by atoms with E-state index in [1.54, 1.807) is 0 Å². The summed E-state index contributed by atoms with van der Waals surface area (Å²) in [4.78, 5) is 65.1. The normalized spacial score (nSPS) is 19.2. The average molecular weight is 670 g/mol. The number of nitrogens with two attached hydrogens (primary N) is 1. The van der Waals surface area contributed by atoms with Crippen LogP contribution in [0.4, 0.5) is 21.5 Å². The number of sulfonamides is 1. The van der Waals surface area contributed by atoms with Crippen LogP contribution in [0.25, 0.3) is 0 Å². The molecule has 3 N–H and O–H groups in total. The Labute approximate surface area is 261 Å². The SMILES string of the molecule is NS(=O)(=O)c1ccc(NC(=O)Cn2c3c(sc2=O)[C@H](c2ccc(F)cc2)C2C(=O)N(c4ccc([N+](=O)[O-])cc4)C(=O)C2S3)cc1. The Hall–Kier alpha value is -4.71. The maximum Gasteiger partial charge on any atom is 0.308 e. The number of nitrogens with zero attached hydrogens (tertiary/aromatic N) is 3. The third-order valence-corrected chi connectivity index (χ3v) is 10.9. The van der Waals surface area contributed by atoms with Crippen molar-refractivity contribution in [1.82, 2.24) is 4.57 Å². The molecule has 0 aliphatic carbocycles. The number of rotatable bonds is 7. The molecule has 17 heteroatoms. The first-order valence-electron chi connectivity index (χ1n) is 13.0. The molecule has 13 nitrogen and oxygen atoms in total. The van der Waals surface area contributed by atoms with Crippen LogP contribution in [0.2, 0.25) is 0 Å². The number of amides is 3. The molecule has 0 radical (unpaired) electrons.